The first-order chi connectivity index (χ1) is 26.0. The average molecular weight is 983 g/mol. The van der Waals surface area contributed by atoms with E-state index in [4.69, 9.17) is 14.2 Å². The van der Waals surface area contributed by atoms with Crippen molar-refractivity contribution < 1.29 is 97.2 Å². The molecule has 2 bridgehead atoms. The fraction of sp³-hybridized carbons (Fsp3) is 0.442. The SMILES string of the molecule is CC1=C2CC(=O)[C@]3(C)C(F)CC4OC[C@@]4(O)C3C(OC(=O)c3ccccc3)C(O)(CC1OC(=O)C(O)C(NC(=O)c1ccccc1)c1ccccc1)C2(C)C.[Ac]. The molecule has 7 rings (SSSR count). The number of ketones is 1. The molecule has 1 amide bonds. The predicted molar refractivity (Wildman–Crippen MR) is 196 cm³/mol. The van der Waals surface area contributed by atoms with Crippen molar-refractivity contribution in [3.8, 4) is 0 Å². The molecule has 1 aliphatic heterocycles. The third kappa shape index (κ3) is 6.90. The van der Waals surface area contributed by atoms with Crippen LogP contribution >= 0.6 is 0 Å². The smallest absolute Gasteiger partial charge is 0.338 e. The monoisotopic (exact) mass is 982 g/mol. The van der Waals surface area contributed by atoms with Gasteiger partial charge in [0.15, 0.2) is 6.10 Å². The van der Waals surface area contributed by atoms with E-state index >= 15 is 4.39 Å². The van der Waals surface area contributed by atoms with E-state index in [0.29, 0.717) is 22.3 Å². The van der Waals surface area contributed by atoms with Crippen LogP contribution < -0.4 is 5.32 Å². The second-order valence-corrected chi connectivity index (χ2v) is 16.1. The molecule has 0 spiro atoms. The van der Waals surface area contributed by atoms with Gasteiger partial charge in [-0.1, -0.05) is 86.2 Å². The third-order valence-electron chi connectivity index (χ3n) is 12.9. The Kier molecular flexibility index (Phi) is 11.9. The summed E-state index contributed by atoms with van der Waals surface area (Å²) in [7, 11) is 0. The molecule has 293 valence electrons. The zero-order chi connectivity index (χ0) is 39.5. The fourth-order valence-corrected chi connectivity index (χ4v) is 9.32. The number of carbonyl (C=O) groups excluding carboxylic acids is 4. The first-order valence-electron chi connectivity index (χ1n) is 18.5. The summed E-state index contributed by atoms with van der Waals surface area (Å²) >= 11 is 0. The van der Waals surface area contributed by atoms with Gasteiger partial charge in [-0.05, 0) is 49.2 Å². The summed E-state index contributed by atoms with van der Waals surface area (Å²) in [5.74, 6) is -4.59. The van der Waals surface area contributed by atoms with Crippen LogP contribution in [0.2, 0.25) is 0 Å². The van der Waals surface area contributed by atoms with Gasteiger partial charge in [0.2, 0.25) is 0 Å². The van der Waals surface area contributed by atoms with Gasteiger partial charge in [0.1, 0.15) is 35.4 Å². The number of hydrogen-bond donors (Lipinski definition) is 4. The second-order valence-electron chi connectivity index (χ2n) is 16.1. The molecule has 10 atom stereocenters. The van der Waals surface area contributed by atoms with Gasteiger partial charge >= 0.3 is 11.9 Å². The first-order valence-corrected chi connectivity index (χ1v) is 18.5. The molecule has 3 fully saturated rings. The van der Waals surface area contributed by atoms with Crippen molar-refractivity contribution in [2.45, 2.75) is 94.8 Å². The number of amides is 1. The molecular weight excluding hydrogens is 936 g/mol. The Morgan fingerprint density at radius 2 is 1.46 bits per heavy atom. The standard InChI is InChI=1S/C43H46FNO10.Ac/c1-24-28-20-31(46)41(4)30(44)21-32-42(51,23-53-32)35(41)36(55-38(49)27-18-12-7-13-19-27)43(52,40(28,2)3)22-29(24)54-39(50)34(47)33(25-14-8-5-9-15-25)45-37(48)26-16-10-6-11-17-26;/h5-19,29-30,32-36,47,51-52H,20-23H2,1-4H3,(H,45,48);/t29?,30?,32?,33?,34?,35?,36?,41-,42-,43?;/m0./s1. The van der Waals surface area contributed by atoms with Crippen LogP contribution in [0.15, 0.2) is 102 Å². The van der Waals surface area contributed by atoms with E-state index in [0.717, 1.165) is 0 Å². The van der Waals surface area contributed by atoms with Gasteiger partial charge in [-0.15, -0.1) is 0 Å². The molecule has 11 nitrogen and oxygen atoms in total. The van der Waals surface area contributed by atoms with Gasteiger partial charge in [0.25, 0.3) is 5.91 Å². The van der Waals surface area contributed by atoms with E-state index in [-0.39, 0.29) is 69.1 Å². The number of aliphatic hydroxyl groups excluding tert-OH is 1. The Labute approximate surface area is 360 Å². The molecule has 2 saturated carbocycles. The largest absolute Gasteiger partial charge is 0.456 e. The topological polar surface area (TPSA) is 169 Å². The van der Waals surface area contributed by atoms with Crippen LogP contribution in [0.5, 0.6) is 0 Å². The van der Waals surface area contributed by atoms with Gasteiger partial charge < -0.3 is 34.8 Å². The maximum atomic E-state index is 16.5. The zero-order valence-corrected chi connectivity index (χ0v) is 36.4. The van der Waals surface area contributed by atoms with Gasteiger partial charge in [-0.3, -0.25) is 9.59 Å². The van der Waals surface area contributed by atoms with Gasteiger partial charge in [-0.25, -0.2) is 14.0 Å². The van der Waals surface area contributed by atoms with Crippen molar-refractivity contribution in [3.63, 3.8) is 0 Å². The van der Waals surface area contributed by atoms with Crippen molar-refractivity contribution in [1.29, 1.82) is 0 Å². The molecule has 0 aromatic heterocycles. The number of fused-ring (bicyclic) bond motifs is 5. The van der Waals surface area contributed by atoms with Crippen LogP contribution in [0.3, 0.4) is 0 Å². The Morgan fingerprint density at radius 3 is 2.04 bits per heavy atom. The molecule has 4 N–H and O–H groups in total. The molecule has 56 heavy (non-hydrogen) atoms. The summed E-state index contributed by atoms with van der Waals surface area (Å²) in [6.45, 7) is 6.13. The van der Waals surface area contributed by atoms with Gasteiger partial charge in [0.05, 0.1) is 29.7 Å². The number of Topliss-reactive ketones (excluding diaryl/α,β-unsaturated/α-hetero) is 1. The minimum absolute atomic E-state index is 0. The van der Waals surface area contributed by atoms with Crippen molar-refractivity contribution in [3.05, 3.63) is 119 Å². The normalized spacial score (nSPS) is 32.7. The van der Waals surface area contributed by atoms with Crippen LogP contribution in [0, 0.1) is 60.8 Å². The maximum absolute atomic E-state index is 16.5. The second kappa shape index (κ2) is 15.8. The molecule has 3 aromatic rings. The summed E-state index contributed by atoms with van der Waals surface area (Å²) in [6, 6.07) is 23.4. The Morgan fingerprint density at radius 1 is 0.893 bits per heavy atom. The predicted octanol–water partition coefficient (Wildman–Crippen LogP) is 4.60. The molecule has 8 unspecified atom stereocenters. The van der Waals surface area contributed by atoms with E-state index in [2.05, 4.69) is 5.32 Å². The number of benzene rings is 3. The van der Waals surface area contributed by atoms with Crippen molar-refractivity contribution >= 4 is 23.6 Å². The Bertz CT molecular complexity index is 2010. The molecular formula is C43H46AcFNO10. The number of alkyl halides is 1. The number of halogens is 1. The average Bonchev–Trinajstić information content (AvgIpc) is 3.18. The fourth-order valence-electron chi connectivity index (χ4n) is 9.32. The third-order valence-corrected chi connectivity index (χ3v) is 12.9. The van der Waals surface area contributed by atoms with Gasteiger partial charge in [0, 0.05) is 80.2 Å². The molecule has 1 saturated heterocycles. The van der Waals surface area contributed by atoms with Crippen molar-refractivity contribution in [1.82, 2.24) is 5.32 Å². The van der Waals surface area contributed by atoms with Crippen LogP contribution in [0.4, 0.5) is 4.39 Å². The van der Waals surface area contributed by atoms with Crippen LogP contribution in [0.1, 0.15) is 79.3 Å². The number of carbonyl (C=O) groups is 4. The minimum Gasteiger partial charge on any atom is -0.456 e. The maximum Gasteiger partial charge on any atom is 0.338 e. The van der Waals surface area contributed by atoms with Crippen molar-refractivity contribution in [2.24, 2.45) is 16.7 Å². The summed E-state index contributed by atoms with van der Waals surface area (Å²) in [5, 5.41) is 39.8. The number of ether oxygens (including phenoxy) is 3. The number of esters is 2. The summed E-state index contributed by atoms with van der Waals surface area (Å²) < 4.78 is 34.3. The van der Waals surface area contributed by atoms with Crippen LogP contribution in [0.25, 0.3) is 0 Å². The number of aliphatic hydroxyl groups is 3. The summed E-state index contributed by atoms with van der Waals surface area (Å²) in [4.78, 5) is 55.8. The number of nitrogens with one attached hydrogen (secondary N) is 1. The molecule has 1 radical (unpaired) electrons. The Balaban J connectivity index is 0.00000532. The number of hydrogen-bond acceptors (Lipinski definition) is 10. The summed E-state index contributed by atoms with van der Waals surface area (Å²) in [6.07, 6.45) is -8.80. The van der Waals surface area contributed by atoms with E-state index in [9.17, 15) is 34.5 Å². The van der Waals surface area contributed by atoms with Gasteiger partial charge in [-0.2, -0.15) is 0 Å². The molecule has 3 aromatic carbocycles. The van der Waals surface area contributed by atoms with E-state index in [1.165, 1.54) is 19.1 Å². The Hall–Kier alpha value is -3.31. The number of rotatable bonds is 8. The zero-order valence-electron chi connectivity index (χ0n) is 31.7. The molecule has 13 heteroatoms. The van der Waals surface area contributed by atoms with E-state index in [1.807, 2.05) is 0 Å². The van der Waals surface area contributed by atoms with E-state index in [1.54, 1.807) is 99.6 Å². The molecule has 3 aliphatic carbocycles. The quantitative estimate of drug-likeness (QED) is 0.185. The van der Waals surface area contributed by atoms with E-state index < -0.39 is 94.6 Å². The summed E-state index contributed by atoms with van der Waals surface area (Å²) in [5.41, 5.74) is -5.70. The van der Waals surface area contributed by atoms with Crippen LogP contribution in [-0.4, -0.2) is 87.3 Å². The first kappa shape index (κ1) is 42.3. The molecule has 1 heterocycles. The minimum atomic E-state index is -2.18. The molecule has 4 aliphatic rings. The van der Waals surface area contributed by atoms with Crippen LogP contribution in [-0.2, 0) is 23.8 Å². The van der Waals surface area contributed by atoms with Crippen molar-refractivity contribution in [2.75, 3.05) is 6.61 Å².